The molecule has 0 saturated heterocycles. The fourth-order valence-electron chi connectivity index (χ4n) is 7.92. The Kier molecular flexibility index (Phi) is 50.8. The molecule has 64 heavy (non-hydrogen) atoms. The fourth-order valence-corrected chi connectivity index (χ4v) is 7.92. The van der Waals surface area contributed by atoms with Crippen molar-refractivity contribution in [2.24, 2.45) is 0 Å². The van der Waals surface area contributed by atoms with Crippen LogP contribution < -0.4 is 0 Å². The van der Waals surface area contributed by atoms with Crippen LogP contribution in [0.15, 0.2) is 48.6 Å². The largest absolute Gasteiger partial charge is 0.462 e. The van der Waals surface area contributed by atoms with Gasteiger partial charge >= 0.3 is 17.9 Å². The van der Waals surface area contributed by atoms with Crippen molar-refractivity contribution in [2.75, 3.05) is 13.2 Å². The lowest BCUT2D eigenvalue weighted by Gasteiger charge is -2.18. The Morgan fingerprint density at radius 2 is 0.609 bits per heavy atom. The molecule has 1 atom stereocenters. The Morgan fingerprint density at radius 1 is 0.328 bits per heavy atom. The van der Waals surface area contributed by atoms with Gasteiger partial charge in [-0.05, 0) is 77.0 Å². The minimum absolute atomic E-state index is 0.0821. The predicted molar refractivity (Wildman–Crippen MR) is 275 cm³/mol. The topological polar surface area (TPSA) is 78.9 Å². The molecule has 1 unspecified atom stereocenters. The first kappa shape index (κ1) is 61.4. The maximum absolute atomic E-state index is 12.8. The molecule has 0 heterocycles. The third-order valence-electron chi connectivity index (χ3n) is 12.1. The first-order valence-corrected chi connectivity index (χ1v) is 27.6. The lowest BCUT2D eigenvalue weighted by atomic mass is 10.0. The van der Waals surface area contributed by atoms with E-state index in [1.807, 2.05) is 0 Å². The minimum Gasteiger partial charge on any atom is -0.462 e. The molecule has 0 radical (unpaired) electrons. The molecule has 0 amide bonds. The fraction of sp³-hybridized carbons (Fsp3) is 0.810. The molecule has 0 aliphatic carbocycles. The van der Waals surface area contributed by atoms with Gasteiger partial charge in [0, 0.05) is 19.3 Å². The van der Waals surface area contributed by atoms with E-state index in [4.69, 9.17) is 14.2 Å². The van der Waals surface area contributed by atoms with Crippen molar-refractivity contribution >= 4 is 17.9 Å². The Bertz CT molecular complexity index is 1120. The second-order valence-electron chi connectivity index (χ2n) is 18.5. The predicted octanol–water partition coefficient (Wildman–Crippen LogP) is 18.3. The second kappa shape index (κ2) is 53.0. The number of ether oxygens (including phenoxy) is 3. The molecule has 0 saturated carbocycles. The smallest absolute Gasteiger partial charge is 0.306 e. The highest BCUT2D eigenvalue weighted by atomic mass is 16.6. The van der Waals surface area contributed by atoms with Crippen LogP contribution in [-0.2, 0) is 28.6 Å². The van der Waals surface area contributed by atoms with E-state index in [9.17, 15) is 14.4 Å². The maximum atomic E-state index is 12.8. The molecule has 0 bridgehead atoms. The van der Waals surface area contributed by atoms with Crippen LogP contribution in [0, 0.1) is 0 Å². The molecule has 0 aromatic rings. The zero-order valence-corrected chi connectivity index (χ0v) is 42.6. The molecule has 6 nitrogen and oxygen atoms in total. The average molecular weight is 897 g/mol. The van der Waals surface area contributed by atoms with E-state index in [2.05, 4.69) is 69.4 Å². The molecule has 0 rings (SSSR count). The number of hydrogen-bond acceptors (Lipinski definition) is 6. The first-order chi connectivity index (χ1) is 31.5. The maximum Gasteiger partial charge on any atom is 0.306 e. The van der Waals surface area contributed by atoms with Gasteiger partial charge in [0.25, 0.3) is 0 Å². The molecular weight excluding hydrogens is 793 g/mol. The van der Waals surface area contributed by atoms with Gasteiger partial charge in [0.1, 0.15) is 13.2 Å². The number of carbonyl (C=O) groups is 3. The van der Waals surface area contributed by atoms with Crippen LogP contribution >= 0.6 is 0 Å². The van der Waals surface area contributed by atoms with Gasteiger partial charge < -0.3 is 14.2 Å². The molecule has 372 valence electrons. The van der Waals surface area contributed by atoms with Crippen molar-refractivity contribution in [3.8, 4) is 0 Å². The normalized spacial score (nSPS) is 12.4. The molecule has 0 aliphatic rings. The highest BCUT2D eigenvalue weighted by molar-refractivity contribution is 5.71. The summed E-state index contributed by atoms with van der Waals surface area (Å²) in [6, 6.07) is 0. The minimum atomic E-state index is -0.782. The molecule has 0 spiro atoms. The number of esters is 3. The lowest BCUT2D eigenvalue weighted by Crippen LogP contribution is -2.30. The van der Waals surface area contributed by atoms with Gasteiger partial charge in [-0.1, -0.05) is 236 Å². The van der Waals surface area contributed by atoms with E-state index >= 15 is 0 Å². The van der Waals surface area contributed by atoms with Gasteiger partial charge in [-0.15, -0.1) is 0 Å². The number of allylic oxidation sites excluding steroid dienone is 8. The van der Waals surface area contributed by atoms with Crippen LogP contribution in [-0.4, -0.2) is 37.2 Å². The Morgan fingerprint density at radius 3 is 0.984 bits per heavy atom. The van der Waals surface area contributed by atoms with E-state index in [1.165, 1.54) is 148 Å². The van der Waals surface area contributed by atoms with Gasteiger partial charge in [0.2, 0.25) is 0 Å². The van der Waals surface area contributed by atoms with E-state index in [0.717, 1.165) is 96.3 Å². The molecule has 0 N–H and O–H groups in total. The highest BCUT2D eigenvalue weighted by Crippen LogP contribution is 2.16. The summed E-state index contributed by atoms with van der Waals surface area (Å²) in [6.07, 6.45) is 63.8. The number of rotatable bonds is 50. The van der Waals surface area contributed by atoms with Crippen LogP contribution in [0.3, 0.4) is 0 Å². The van der Waals surface area contributed by atoms with E-state index in [0.29, 0.717) is 19.3 Å². The van der Waals surface area contributed by atoms with Crippen molar-refractivity contribution in [3.63, 3.8) is 0 Å². The van der Waals surface area contributed by atoms with Crippen molar-refractivity contribution in [1.29, 1.82) is 0 Å². The summed E-state index contributed by atoms with van der Waals surface area (Å²) in [4.78, 5) is 38.1. The Labute approximate surface area is 397 Å². The monoisotopic (exact) mass is 897 g/mol. The molecule has 0 aromatic carbocycles. The van der Waals surface area contributed by atoms with Crippen molar-refractivity contribution in [3.05, 3.63) is 48.6 Å². The van der Waals surface area contributed by atoms with Gasteiger partial charge in [-0.3, -0.25) is 14.4 Å². The highest BCUT2D eigenvalue weighted by Gasteiger charge is 2.19. The Balaban J connectivity index is 4.39. The summed E-state index contributed by atoms with van der Waals surface area (Å²) in [7, 11) is 0. The summed E-state index contributed by atoms with van der Waals surface area (Å²) >= 11 is 0. The lowest BCUT2D eigenvalue weighted by molar-refractivity contribution is -0.167. The zero-order valence-electron chi connectivity index (χ0n) is 42.6. The van der Waals surface area contributed by atoms with Crippen LogP contribution in [0.4, 0.5) is 0 Å². The second-order valence-corrected chi connectivity index (χ2v) is 18.5. The van der Waals surface area contributed by atoms with Gasteiger partial charge in [-0.25, -0.2) is 0 Å². The zero-order chi connectivity index (χ0) is 46.5. The third kappa shape index (κ3) is 50.4. The number of unbranched alkanes of at least 4 members (excludes halogenated alkanes) is 31. The molecule has 6 heteroatoms. The SMILES string of the molecule is CC/C=C\C/C=C\C/C=C\CCCCCCCCC(=O)OCC(COC(=O)CCCCC/C=C\CCCCCCCCC)OC(=O)CCCCCCCCCCCCCCCCCC. The van der Waals surface area contributed by atoms with Gasteiger partial charge in [0.05, 0.1) is 0 Å². The van der Waals surface area contributed by atoms with Crippen LogP contribution in [0.1, 0.15) is 284 Å². The van der Waals surface area contributed by atoms with Crippen molar-refractivity contribution in [1.82, 2.24) is 0 Å². The van der Waals surface area contributed by atoms with Crippen LogP contribution in [0.25, 0.3) is 0 Å². The van der Waals surface area contributed by atoms with E-state index < -0.39 is 6.10 Å². The third-order valence-corrected chi connectivity index (χ3v) is 12.1. The summed E-state index contributed by atoms with van der Waals surface area (Å²) in [5.74, 6) is -0.897. The van der Waals surface area contributed by atoms with E-state index in [1.54, 1.807) is 0 Å². The van der Waals surface area contributed by atoms with Gasteiger partial charge in [-0.2, -0.15) is 0 Å². The number of hydrogen-bond donors (Lipinski definition) is 0. The van der Waals surface area contributed by atoms with E-state index in [-0.39, 0.29) is 31.1 Å². The summed E-state index contributed by atoms with van der Waals surface area (Å²) < 4.78 is 16.8. The summed E-state index contributed by atoms with van der Waals surface area (Å²) in [5.41, 5.74) is 0. The first-order valence-electron chi connectivity index (χ1n) is 27.6. The molecule has 0 aliphatic heterocycles. The Hall–Kier alpha value is -2.63. The van der Waals surface area contributed by atoms with Gasteiger partial charge in [0.15, 0.2) is 6.10 Å². The molecular formula is C58H104O6. The molecule has 0 aromatic heterocycles. The van der Waals surface area contributed by atoms with Crippen LogP contribution in [0.5, 0.6) is 0 Å². The quantitative estimate of drug-likeness (QED) is 0.0262. The number of carbonyl (C=O) groups excluding carboxylic acids is 3. The summed E-state index contributed by atoms with van der Waals surface area (Å²) in [6.45, 7) is 6.53. The average Bonchev–Trinajstić information content (AvgIpc) is 3.29. The van der Waals surface area contributed by atoms with Crippen molar-refractivity contribution < 1.29 is 28.6 Å². The van der Waals surface area contributed by atoms with Crippen LogP contribution in [0.2, 0.25) is 0 Å². The summed E-state index contributed by atoms with van der Waals surface area (Å²) in [5, 5.41) is 0. The standard InChI is InChI=1S/C58H104O6/c1-4-7-10-13-16-19-22-25-28-30-33-36-39-42-45-48-51-57(60)63-54-55(53-62-56(59)50-47-44-41-38-35-32-27-24-21-18-15-12-9-6-3)64-58(61)52-49-46-43-40-37-34-31-29-26-23-20-17-14-11-8-5-2/h7,10,16,19,25,28,32,35,55H,4-6,8-9,11-15,17-18,20-24,26-27,29-31,33-34,36-54H2,1-3H3/b10-7-,19-16-,28-25-,35-32-. The molecule has 0 fully saturated rings. The van der Waals surface area contributed by atoms with Crippen molar-refractivity contribution in [2.45, 2.75) is 290 Å².